The van der Waals surface area contributed by atoms with Crippen molar-refractivity contribution in [3.8, 4) is 0 Å². The monoisotopic (exact) mass is 190 g/mol. The Kier molecular flexibility index (Phi) is 3.92. The molecule has 0 radical (unpaired) electrons. The molecule has 0 amide bonds. The summed E-state index contributed by atoms with van der Waals surface area (Å²) in [6.07, 6.45) is 3.84. The van der Waals surface area contributed by atoms with E-state index in [1.165, 1.54) is 10.8 Å². The van der Waals surface area contributed by atoms with Crippen molar-refractivity contribution in [1.29, 1.82) is 0 Å². The van der Waals surface area contributed by atoms with Crippen LogP contribution in [-0.2, 0) is 0 Å². The van der Waals surface area contributed by atoms with Crippen LogP contribution < -0.4 is 9.57 Å². The summed E-state index contributed by atoms with van der Waals surface area (Å²) in [7, 11) is 1.65. The SMILES string of the molecule is CC.CO[n+]1ccc2ccccc2c1. The molecule has 0 aliphatic carbocycles. The van der Waals surface area contributed by atoms with Gasteiger partial charge in [0.2, 0.25) is 12.4 Å². The highest BCUT2D eigenvalue weighted by molar-refractivity contribution is 5.80. The van der Waals surface area contributed by atoms with Crippen molar-refractivity contribution in [2.75, 3.05) is 7.11 Å². The van der Waals surface area contributed by atoms with Gasteiger partial charge in [0.15, 0.2) is 0 Å². The second-order valence-electron chi connectivity index (χ2n) is 2.62. The smallest absolute Gasteiger partial charge is 0.230 e. The third-order valence-corrected chi connectivity index (χ3v) is 1.87. The second kappa shape index (κ2) is 5.22. The summed E-state index contributed by atoms with van der Waals surface area (Å²) < 4.78 is 1.68. The topological polar surface area (TPSA) is 13.1 Å². The van der Waals surface area contributed by atoms with Crippen molar-refractivity contribution in [3.05, 3.63) is 42.7 Å². The van der Waals surface area contributed by atoms with Crippen LogP contribution in [-0.4, -0.2) is 7.11 Å². The Morgan fingerprint density at radius 1 is 1.00 bits per heavy atom. The van der Waals surface area contributed by atoms with Crippen LogP contribution in [0.1, 0.15) is 13.8 Å². The normalized spacial score (nSPS) is 9.07. The molecule has 0 N–H and O–H groups in total. The van der Waals surface area contributed by atoms with Gasteiger partial charge in [0, 0.05) is 10.8 Å². The summed E-state index contributed by atoms with van der Waals surface area (Å²) in [5.41, 5.74) is 0. The summed E-state index contributed by atoms with van der Waals surface area (Å²) in [5, 5.41) is 2.41. The number of benzene rings is 1. The third kappa shape index (κ3) is 2.22. The number of nitrogens with zero attached hydrogens (tertiary/aromatic N) is 1. The summed E-state index contributed by atoms with van der Waals surface area (Å²) in [6.45, 7) is 4.00. The van der Waals surface area contributed by atoms with E-state index < -0.39 is 0 Å². The number of rotatable bonds is 1. The van der Waals surface area contributed by atoms with Gasteiger partial charge in [-0.05, 0) is 11.5 Å². The lowest BCUT2D eigenvalue weighted by molar-refractivity contribution is -0.884. The maximum absolute atomic E-state index is 5.04. The molecule has 1 heterocycles. The zero-order chi connectivity index (χ0) is 10.4. The molecule has 0 saturated heterocycles. The van der Waals surface area contributed by atoms with Gasteiger partial charge in [0.05, 0.1) is 5.39 Å². The van der Waals surface area contributed by atoms with Crippen molar-refractivity contribution in [2.24, 2.45) is 0 Å². The van der Waals surface area contributed by atoms with Gasteiger partial charge in [-0.3, -0.25) is 4.84 Å². The maximum atomic E-state index is 5.04. The lowest BCUT2D eigenvalue weighted by Crippen LogP contribution is -2.39. The minimum atomic E-state index is 1.18. The van der Waals surface area contributed by atoms with Crippen molar-refractivity contribution in [3.63, 3.8) is 0 Å². The predicted octanol–water partition coefficient (Wildman–Crippen LogP) is 2.21. The van der Waals surface area contributed by atoms with Crippen LogP contribution in [0.2, 0.25) is 0 Å². The van der Waals surface area contributed by atoms with Crippen LogP contribution in [0, 0.1) is 0 Å². The van der Waals surface area contributed by atoms with Gasteiger partial charge in [-0.1, -0.05) is 32.0 Å². The minimum absolute atomic E-state index is 1.18. The summed E-state index contributed by atoms with van der Waals surface area (Å²) in [4.78, 5) is 5.04. The molecule has 1 aromatic heterocycles. The number of fused-ring (bicyclic) bond motifs is 1. The van der Waals surface area contributed by atoms with Crippen LogP contribution >= 0.6 is 0 Å². The fourth-order valence-corrected chi connectivity index (χ4v) is 1.23. The lowest BCUT2D eigenvalue weighted by atomic mass is 10.2. The molecule has 2 aromatic rings. The van der Waals surface area contributed by atoms with E-state index in [-0.39, 0.29) is 0 Å². The summed E-state index contributed by atoms with van der Waals surface area (Å²) in [6, 6.07) is 10.2. The van der Waals surface area contributed by atoms with Crippen LogP contribution in [0.3, 0.4) is 0 Å². The molecule has 0 unspecified atom stereocenters. The van der Waals surface area contributed by atoms with E-state index in [0.29, 0.717) is 0 Å². The largest absolute Gasteiger partial charge is 0.275 e. The molecule has 74 valence electrons. The van der Waals surface area contributed by atoms with Gasteiger partial charge in [0.1, 0.15) is 7.11 Å². The van der Waals surface area contributed by atoms with E-state index >= 15 is 0 Å². The lowest BCUT2D eigenvalue weighted by Gasteiger charge is -1.93. The molecule has 0 spiro atoms. The van der Waals surface area contributed by atoms with Crippen molar-refractivity contribution >= 4 is 10.8 Å². The molecule has 2 nitrogen and oxygen atoms in total. The standard InChI is InChI=1S/C10H10NO.C2H6/c1-12-11-7-6-9-4-2-3-5-10(9)8-11;1-2/h2-8H,1H3;1-2H3/q+1;. The van der Waals surface area contributed by atoms with Crippen LogP contribution in [0.4, 0.5) is 0 Å². The van der Waals surface area contributed by atoms with Gasteiger partial charge < -0.3 is 0 Å². The van der Waals surface area contributed by atoms with Crippen LogP contribution in [0.5, 0.6) is 0 Å². The van der Waals surface area contributed by atoms with Crippen LogP contribution in [0.15, 0.2) is 42.7 Å². The molecule has 0 aliphatic rings. The quantitative estimate of drug-likeness (QED) is 0.628. The van der Waals surface area contributed by atoms with Crippen LogP contribution in [0.25, 0.3) is 10.8 Å². The van der Waals surface area contributed by atoms with Gasteiger partial charge in [-0.2, -0.15) is 0 Å². The maximum Gasteiger partial charge on any atom is 0.230 e. The van der Waals surface area contributed by atoms with E-state index in [1.54, 1.807) is 11.8 Å². The minimum Gasteiger partial charge on any atom is -0.275 e. The Labute approximate surface area is 84.7 Å². The van der Waals surface area contributed by atoms with Gasteiger partial charge in [-0.15, -0.1) is 0 Å². The second-order valence-corrected chi connectivity index (χ2v) is 2.62. The fraction of sp³-hybridized carbons (Fsp3) is 0.250. The molecule has 0 bridgehead atoms. The first-order chi connectivity index (χ1) is 6.90. The summed E-state index contributed by atoms with van der Waals surface area (Å²) in [5.74, 6) is 0. The third-order valence-electron chi connectivity index (χ3n) is 1.87. The molecule has 2 rings (SSSR count). The Bertz CT molecular complexity index is 398. The van der Waals surface area contributed by atoms with E-state index in [9.17, 15) is 0 Å². The molecule has 14 heavy (non-hydrogen) atoms. The Balaban J connectivity index is 0.000000461. The molecule has 0 aliphatic heterocycles. The van der Waals surface area contributed by atoms with E-state index in [2.05, 4.69) is 12.1 Å². The molecule has 0 fully saturated rings. The number of pyridine rings is 1. The highest BCUT2D eigenvalue weighted by Gasteiger charge is 1.99. The summed E-state index contributed by atoms with van der Waals surface area (Å²) >= 11 is 0. The van der Waals surface area contributed by atoms with E-state index in [4.69, 9.17) is 4.84 Å². The van der Waals surface area contributed by atoms with E-state index in [1.807, 2.05) is 44.4 Å². The highest BCUT2D eigenvalue weighted by atomic mass is 16.6. The molecule has 1 aromatic carbocycles. The zero-order valence-electron chi connectivity index (χ0n) is 8.90. The van der Waals surface area contributed by atoms with Crippen molar-refractivity contribution in [2.45, 2.75) is 13.8 Å². The Morgan fingerprint density at radius 2 is 1.64 bits per heavy atom. The molecule has 0 atom stereocenters. The molecule has 0 saturated carbocycles. The van der Waals surface area contributed by atoms with Gasteiger partial charge in [0.25, 0.3) is 0 Å². The Morgan fingerprint density at radius 3 is 2.29 bits per heavy atom. The molecular formula is C12H16NO+. The first-order valence-electron chi connectivity index (χ1n) is 4.85. The first-order valence-corrected chi connectivity index (χ1v) is 4.85. The predicted molar refractivity (Wildman–Crippen MR) is 58.0 cm³/mol. The first kappa shape index (κ1) is 10.5. The molecule has 2 heteroatoms. The zero-order valence-corrected chi connectivity index (χ0v) is 8.90. The number of hydrogen-bond acceptors (Lipinski definition) is 1. The van der Waals surface area contributed by atoms with Gasteiger partial charge in [-0.25, -0.2) is 0 Å². The average Bonchev–Trinajstić information content (AvgIpc) is 2.31. The van der Waals surface area contributed by atoms with Gasteiger partial charge >= 0.3 is 0 Å². The molecular weight excluding hydrogens is 174 g/mol. The van der Waals surface area contributed by atoms with Crippen molar-refractivity contribution in [1.82, 2.24) is 0 Å². The highest BCUT2D eigenvalue weighted by Crippen LogP contribution is 2.08. The average molecular weight is 190 g/mol. The van der Waals surface area contributed by atoms with Crippen molar-refractivity contribution < 1.29 is 9.57 Å². The van der Waals surface area contributed by atoms with E-state index in [0.717, 1.165) is 0 Å². The number of aromatic nitrogens is 1. The number of hydrogen-bond donors (Lipinski definition) is 0. The fourth-order valence-electron chi connectivity index (χ4n) is 1.23. The Hall–Kier alpha value is -1.57.